The van der Waals surface area contributed by atoms with E-state index >= 15 is 0 Å². The van der Waals surface area contributed by atoms with E-state index in [4.69, 9.17) is 9.15 Å². The number of anilines is 1. The highest BCUT2D eigenvalue weighted by Crippen LogP contribution is 2.33. The van der Waals surface area contributed by atoms with Crippen LogP contribution < -0.4 is 10.1 Å². The lowest BCUT2D eigenvalue weighted by Gasteiger charge is -2.11. The van der Waals surface area contributed by atoms with Gasteiger partial charge in [-0.15, -0.1) is 10.2 Å². The van der Waals surface area contributed by atoms with Gasteiger partial charge in [0.25, 0.3) is 5.91 Å². The summed E-state index contributed by atoms with van der Waals surface area (Å²) in [7, 11) is 0. The summed E-state index contributed by atoms with van der Waals surface area (Å²) >= 11 is 0. The van der Waals surface area contributed by atoms with Crippen LogP contribution in [0.15, 0.2) is 95.9 Å². The predicted molar refractivity (Wildman–Crippen MR) is 115 cm³/mol. The second kappa shape index (κ2) is 8.87. The quantitative estimate of drug-likeness (QED) is 0.433. The Hall–Kier alpha value is -4.19. The summed E-state index contributed by atoms with van der Waals surface area (Å²) in [6.45, 7) is 4.02. The average molecular weight is 397 g/mol. The molecule has 0 radical (unpaired) electrons. The average Bonchev–Trinajstić information content (AvgIpc) is 3.30. The molecule has 4 rings (SSSR count). The zero-order chi connectivity index (χ0) is 20.8. The van der Waals surface area contributed by atoms with Crippen molar-refractivity contribution in [2.75, 3.05) is 11.9 Å². The van der Waals surface area contributed by atoms with Crippen molar-refractivity contribution < 1.29 is 13.9 Å². The van der Waals surface area contributed by atoms with Crippen LogP contribution >= 0.6 is 0 Å². The van der Waals surface area contributed by atoms with Gasteiger partial charge in [-0.05, 0) is 42.5 Å². The van der Waals surface area contributed by atoms with Crippen LogP contribution in [0, 0.1) is 0 Å². The predicted octanol–water partition coefficient (Wildman–Crippen LogP) is 5.22. The fourth-order valence-corrected chi connectivity index (χ4v) is 2.87. The largest absolute Gasteiger partial charge is 0.490 e. The Morgan fingerprint density at radius 1 is 0.967 bits per heavy atom. The van der Waals surface area contributed by atoms with Gasteiger partial charge in [-0.3, -0.25) is 4.79 Å². The van der Waals surface area contributed by atoms with Crippen LogP contribution in [0.2, 0.25) is 0 Å². The van der Waals surface area contributed by atoms with Crippen molar-refractivity contribution >= 4 is 11.6 Å². The van der Waals surface area contributed by atoms with Gasteiger partial charge in [0.2, 0.25) is 11.8 Å². The van der Waals surface area contributed by atoms with E-state index < -0.39 is 0 Å². The fraction of sp³-hybridized carbons (Fsp3) is 0.0417. The first-order chi connectivity index (χ1) is 14.7. The molecular weight excluding hydrogens is 378 g/mol. The van der Waals surface area contributed by atoms with Crippen LogP contribution in [0.25, 0.3) is 22.9 Å². The van der Waals surface area contributed by atoms with Gasteiger partial charge in [0, 0.05) is 11.1 Å². The molecule has 1 aromatic heterocycles. The van der Waals surface area contributed by atoms with Gasteiger partial charge in [-0.2, -0.15) is 0 Å². The van der Waals surface area contributed by atoms with E-state index in [0.29, 0.717) is 35.1 Å². The normalized spacial score (nSPS) is 10.4. The third-order valence-electron chi connectivity index (χ3n) is 4.32. The minimum atomic E-state index is -0.237. The van der Waals surface area contributed by atoms with E-state index in [1.165, 1.54) is 0 Å². The van der Waals surface area contributed by atoms with Crippen molar-refractivity contribution in [3.8, 4) is 28.7 Å². The minimum absolute atomic E-state index is 0.237. The molecule has 0 bridgehead atoms. The Labute approximate surface area is 173 Å². The molecule has 4 aromatic rings. The summed E-state index contributed by atoms with van der Waals surface area (Å²) in [5, 5.41) is 11.2. The molecule has 3 aromatic carbocycles. The van der Waals surface area contributed by atoms with Crippen molar-refractivity contribution in [2.45, 2.75) is 0 Å². The molecule has 0 spiro atoms. The number of hydrogen-bond acceptors (Lipinski definition) is 5. The Kier molecular flexibility index (Phi) is 5.66. The van der Waals surface area contributed by atoms with E-state index in [1.807, 2.05) is 48.5 Å². The van der Waals surface area contributed by atoms with E-state index in [9.17, 15) is 4.79 Å². The van der Waals surface area contributed by atoms with E-state index in [2.05, 4.69) is 22.1 Å². The molecular formula is C24H19N3O3. The van der Waals surface area contributed by atoms with Crippen LogP contribution in [0.1, 0.15) is 10.4 Å². The van der Waals surface area contributed by atoms with E-state index in [1.54, 1.807) is 36.4 Å². The molecule has 6 nitrogen and oxygen atoms in total. The number of nitrogens with one attached hydrogen (secondary N) is 1. The van der Waals surface area contributed by atoms with E-state index in [-0.39, 0.29) is 11.8 Å². The first-order valence-corrected chi connectivity index (χ1v) is 9.38. The monoisotopic (exact) mass is 397 g/mol. The molecule has 0 aliphatic heterocycles. The lowest BCUT2D eigenvalue weighted by Crippen LogP contribution is -2.12. The summed E-state index contributed by atoms with van der Waals surface area (Å²) in [4.78, 5) is 12.7. The highest BCUT2D eigenvalue weighted by atomic mass is 16.5. The van der Waals surface area contributed by atoms with Crippen LogP contribution in [0.4, 0.5) is 5.69 Å². The lowest BCUT2D eigenvalue weighted by atomic mass is 10.1. The van der Waals surface area contributed by atoms with Crippen LogP contribution in [-0.4, -0.2) is 22.7 Å². The second-order valence-electron chi connectivity index (χ2n) is 6.41. The number of rotatable bonds is 7. The maximum atomic E-state index is 12.7. The van der Waals surface area contributed by atoms with E-state index in [0.717, 1.165) is 5.56 Å². The Morgan fingerprint density at radius 2 is 1.67 bits per heavy atom. The van der Waals surface area contributed by atoms with Crippen molar-refractivity contribution in [1.82, 2.24) is 10.2 Å². The molecule has 0 atom stereocenters. The number of ether oxygens (including phenoxy) is 1. The summed E-state index contributed by atoms with van der Waals surface area (Å²) in [5.41, 5.74) is 2.46. The third-order valence-corrected chi connectivity index (χ3v) is 4.32. The molecule has 0 aliphatic rings. The molecule has 0 saturated carbocycles. The van der Waals surface area contributed by atoms with Gasteiger partial charge in [0.1, 0.15) is 12.4 Å². The van der Waals surface area contributed by atoms with Crippen molar-refractivity contribution in [3.05, 3.63) is 97.1 Å². The van der Waals surface area contributed by atoms with Gasteiger partial charge >= 0.3 is 0 Å². The Balaban J connectivity index is 1.70. The molecule has 30 heavy (non-hydrogen) atoms. The molecule has 1 heterocycles. The molecule has 0 saturated heterocycles. The van der Waals surface area contributed by atoms with Gasteiger partial charge in [-0.1, -0.05) is 49.1 Å². The fourth-order valence-electron chi connectivity index (χ4n) is 2.87. The smallest absolute Gasteiger partial charge is 0.255 e. The molecule has 148 valence electrons. The second-order valence-corrected chi connectivity index (χ2v) is 6.41. The first-order valence-electron chi connectivity index (χ1n) is 9.38. The van der Waals surface area contributed by atoms with Gasteiger partial charge in [-0.25, -0.2) is 0 Å². The number of nitrogens with zero attached hydrogens (tertiary/aromatic N) is 2. The molecule has 1 amide bonds. The van der Waals surface area contributed by atoms with Gasteiger partial charge in [0.05, 0.1) is 11.3 Å². The SMILES string of the molecule is C=CCOc1ccc(NC(=O)c2ccccc2)c(-c2nnc(-c3ccccc3)o2)c1. The van der Waals surface area contributed by atoms with Crippen molar-refractivity contribution in [2.24, 2.45) is 0 Å². The number of carbonyl (C=O) groups is 1. The highest BCUT2D eigenvalue weighted by molar-refractivity contribution is 6.06. The summed E-state index contributed by atoms with van der Waals surface area (Å²) in [6, 6.07) is 23.7. The number of carbonyl (C=O) groups excluding carboxylic acids is 1. The molecule has 0 aliphatic carbocycles. The highest BCUT2D eigenvalue weighted by Gasteiger charge is 2.17. The van der Waals surface area contributed by atoms with Crippen LogP contribution in [-0.2, 0) is 0 Å². The molecule has 0 fully saturated rings. The topological polar surface area (TPSA) is 77.2 Å². The molecule has 1 N–H and O–H groups in total. The number of hydrogen-bond donors (Lipinski definition) is 1. The Bertz CT molecular complexity index is 1150. The minimum Gasteiger partial charge on any atom is -0.490 e. The van der Waals surface area contributed by atoms with Crippen molar-refractivity contribution in [3.63, 3.8) is 0 Å². The van der Waals surface area contributed by atoms with Crippen LogP contribution in [0.5, 0.6) is 5.75 Å². The summed E-state index contributed by atoms with van der Waals surface area (Å²) < 4.78 is 11.5. The standard InChI is InChI=1S/C24H19N3O3/c1-2-15-29-19-13-14-21(25-22(28)17-9-5-3-6-10-17)20(16-19)24-27-26-23(30-24)18-11-7-4-8-12-18/h2-14,16H,1,15H2,(H,25,28). The molecule has 0 unspecified atom stereocenters. The molecule has 6 heteroatoms. The van der Waals surface area contributed by atoms with Gasteiger partial charge < -0.3 is 14.5 Å². The summed E-state index contributed by atoms with van der Waals surface area (Å²) in [6.07, 6.45) is 1.66. The maximum Gasteiger partial charge on any atom is 0.255 e. The Morgan fingerprint density at radius 3 is 2.40 bits per heavy atom. The zero-order valence-corrected chi connectivity index (χ0v) is 16.1. The first kappa shape index (κ1) is 19.1. The third kappa shape index (κ3) is 4.28. The van der Waals surface area contributed by atoms with Crippen molar-refractivity contribution in [1.29, 1.82) is 0 Å². The zero-order valence-electron chi connectivity index (χ0n) is 16.1. The number of benzene rings is 3. The lowest BCUT2D eigenvalue weighted by molar-refractivity contribution is 0.102. The number of aromatic nitrogens is 2. The summed E-state index contributed by atoms with van der Waals surface area (Å²) in [5.74, 6) is 1.03. The van der Waals surface area contributed by atoms with Crippen LogP contribution in [0.3, 0.4) is 0 Å². The maximum absolute atomic E-state index is 12.7. The number of amides is 1. The van der Waals surface area contributed by atoms with Gasteiger partial charge in [0.15, 0.2) is 0 Å².